The molecule has 0 bridgehead atoms. The monoisotopic (exact) mass is 644 g/mol. The number of rotatable bonds is 8. The Morgan fingerprint density at radius 1 is 0.433 bits per heavy atom. The normalized spacial score (nSPS) is 11.9. The third-order valence-electron chi connectivity index (χ3n) is 3.97. The first-order valence-electron chi connectivity index (χ1n) is 9.24. The summed E-state index contributed by atoms with van der Waals surface area (Å²) in [5.41, 5.74) is 0. The molecule has 4 rings (SSSR count). The Kier molecular flexibility index (Phi) is 8.22. The van der Waals surface area contributed by atoms with Gasteiger partial charge in [-0.2, -0.15) is 0 Å². The third kappa shape index (κ3) is 5.86. The van der Waals surface area contributed by atoms with E-state index in [2.05, 4.69) is 0 Å². The molecule has 4 aromatic carbocycles. The van der Waals surface area contributed by atoms with E-state index in [9.17, 15) is 0 Å². The van der Waals surface area contributed by atoms with Crippen molar-refractivity contribution in [2.75, 3.05) is 0 Å². The van der Waals surface area contributed by atoms with Gasteiger partial charge in [0.2, 0.25) is 0 Å². The summed E-state index contributed by atoms with van der Waals surface area (Å²) < 4.78 is 31.7. The van der Waals surface area contributed by atoms with Crippen LogP contribution in [0.4, 0.5) is 4.20 Å². The molecule has 154 valence electrons. The Labute approximate surface area is 193 Å². The molecule has 0 saturated carbocycles. The van der Waals surface area contributed by atoms with Gasteiger partial charge < -0.3 is 0 Å². The first-order valence-corrected chi connectivity index (χ1v) is 16.4. The standard InChI is InChI=1S/C24H20FI2O2P/c25-30(28-26(21-13-5-1-6-14-21)22-15-7-2-8-16-22)29-27(23-17-9-3-10-18-23)24-19-11-4-12-20-24/h1-20H. The van der Waals surface area contributed by atoms with Crippen LogP contribution >= 0.6 is 49.2 Å². The van der Waals surface area contributed by atoms with Crippen LogP contribution in [0.3, 0.4) is 0 Å². The van der Waals surface area contributed by atoms with Gasteiger partial charge in [0.15, 0.2) is 0 Å². The van der Waals surface area contributed by atoms with Crippen molar-refractivity contribution in [3.05, 3.63) is 136 Å². The number of halogens is 3. The Bertz CT molecular complexity index is 860. The molecule has 0 unspecified atom stereocenters. The molecule has 0 aliphatic rings. The summed E-state index contributed by atoms with van der Waals surface area (Å²) in [4.78, 5) is 0. The van der Waals surface area contributed by atoms with Crippen LogP contribution < -0.4 is 0 Å². The van der Waals surface area contributed by atoms with Crippen LogP contribution in [-0.2, 0) is 5.71 Å². The second-order valence-corrected chi connectivity index (χ2v) is 16.9. The van der Waals surface area contributed by atoms with Gasteiger partial charge in [-0.15, -0.1) is 0 Å². The Hall–Kier alpha value is -1.38. The first-order chi connectivity index (χ1) is 14.8. The van der Waals surface area contributed by atoms with E-state index in [0.717, 1.165) is 14.3 Å². The van der Waals surface area contributed by atoms with E-state index in [0.29, 0.717) is 0 Å². The Balaban J connectivity index is 1.59. The van der Waals surface area contributed by atoms with Gasteiger partial charge in [-0.1, -0.05) is 0 Å². The molecule has 0 atom stereocenters. The van der Waals surface area contributed by atoms with Crippen LogP contribution in [-0.4, -0.2) is 0 Å². The Morgan fingerprint density at radius 3 is 0.900 bits per heavy atom. The molecule has 0 aliphatic carbocycles. The van der Waals surface area contributed by atoms with E-state index < -0.39 is 49.2 Å². The summed E-state index contributed by atoms with van der Waals surface area (Å²) in [6, 6.07) is 39.8. The first kappa shape index (κ1) is 21.8. The summed E-state index contributed by atoms with van der Waals surface area (Å²) >= 11 is -4.83. The van der Waals surface area contributed by atoms with Gasteiger partial charge in [0, 0.05) is 0 Å². The van der Waals surface area contributed by atoms with Crippen molar-refractivity contribution in [3.63, 3.8) is 0 Å². The van der Waals surface area contributed by atoms with Gasteiger partial charge in [-0.05, 0) is 0 Å². The topological polar surface area (TPSA) is 18.5 Å². The molecule has 4 aromatic rings. The molecule has 30 heavy (non-hydrogen) atoms. The van der Waals surface area contributed by atoms with E-state index in [4.69, 9.17) is 5.71 Å². The minimum atomic E-state index is -2.51. The zero-order valence-corrected chi connectivity index (χ0v) is 21.2. The van der Waals surface area contributed by atoms with Crippen LogP contribution in [0.2, 0.25) is 0 Å². The van der Waals surface area contributed by atoms with E-state index in [1.165, 1.54) is 0 Å². The summed E-state index contributed by atoms with van der Waals surface area (Å²) in [6.45, 7) is 0. The van der Waals surface area contributed by atoms with E-state index in [1.54, 1.807) is 0 Å². The summed E-state index contributed by atoms with van der Waals surface area (Å²) in [5.74, 6) is 0. The molecule has 0 heterocycles. The predicted molar refractivity (Wildman–Crippen MR) is 139 cm³/mol. The second-order valence-electron chi connectivity index (χ2n) is 6.03. The van der Waals surface area contributed by atoms with Gasteiger partial charge in [0.05, 0.1) is 0 Å². The molecular formula is C24H20FI2O2P. The zero-order chi connectivity index (χ0) is 20.6. The van der Waals surface area contributed by atoms with Crippen LogP contribution in [0.15, 0.2) is 121 Å². The maximum atomic E-state index is 15.3. The molecule has 2 nitrogen and oxygen atoms in total. The maximum absolute atomic E-state index is 15.3. The molecule has 0 spiro atoms. The zero-order valence-electron chi connectivity index (χ0n) is 15.9. The Morgan fingerprint density at radius 2 is 0.667 bits per heavy atom. The van der Waals surface area contributed by atoms with Crippen molar-refractivity contribution >= 4 is 49.2 Å². The number of hydrogen-bond donors (Lipinski definition) is 0. The molecule has 6 heteroatoms. The number of hydrogen-bond acceptors (Lipinski definition) is 2. The van der Waals surface area contributed by atoms with Crippen molar-refractivity contribution < 1.29 is 9.90 Å². The van der Waals surface area contributed by atoms with E-state index in [-0.39, 0.29) is 0 Å². The number of benzene rings is 4. The molecule has 0 radical (unpaired) electrons. The fourth-order valence-corrected chi connectivity index (χ4v) is 14.9. The van der Waals surface area contributed by atoms with Gasteiger partial charge in [0.25, 0.3) is 0 Å². The molecule has 0 amide bonds. The van der Waals surface area contributed by atoms with Crippen molar-refractivity contribution in [3.8, 4) is 0 Å². The van der Waals surface area contributed by atoms with Crippen LogP contribution in [0.25, 0.3) is 0 Å². The van der Waals surface area contributed by atoms with Gasteiger partial charge >= 0.3 is 195 Å². The summed E-state index contributed by atoms with van der Waals surface area (Å²) in [5, 5.41) is 0. The molecular weight excluding hydrogens is 624 g/mol. The molecule has 0 fully saturated rings. The summed E-state index contributed by atoms with van der Waals surface area (Å²) in [6.07, 6.45) is 0. The van der Waals surface area contributed by atoms with Crippen molar-refractivity contribution in [1.29, 1.82) is 0 Å². The average Bonchev–Trinajstić information content (AvgIpc) is 2.83. The molecule has 0 saturated heterocycles. The second kappa shape index (κ2) is 11.3. The molecule has 0 N–H and O–H groups in total. The van der Waals surface area contributed by atoms with Crippen LogP contribution in [0.1, 0.15) is 0 Å². The fraction of sp³-hybridized carbons (Fsp3) is 0. The third-order valence-corrected chi connectivity index (χ3v) is 16.1. The fourth-order valence-electron chi connectivity index (χ4n) is 2.65. The van der Waals surface area contributed by atoms with Gasteiger partial charge in [-0.25, -0.2) is 0 Å². The van der Waals surface area contributed by atoms with Gasteiger partial charge in [0.1, 0.15) is 0 Å². The van der Waals surface area contributed by atoms with E-state index >= 15 is 4.20 Å². The van der Waals surface area contributed by atoms with Crippen LogP contribution in [0.5, 0.6) is 0 Å². The summed E-state index contributed by atoms with van der Waals surface area (Å²) in [7, 11) is -2.51. The minimum absolute atomic E-state index is 1.06. The van der Waals surface area contributed by atoms with Gasteiger partial charge in [-0.3, -0.25) is 0 Å². The predicted octanol–water partition coefficient (Wildman–Crippen LogP) is 8.54. The molecule has 0 aliphatic heterocycles. The van der Waals surface area contributed by atoms with Crippen molar-refractivity contribution in [2.45, 2.75) is 0 Å². The molecule has 0 aromatic heterocycles. The van der Waals surface area contributed by atoms with Crippen LogP contribution in [0, 0.1) is 14.3 Å². The quantitative estimate of drug-likeness (QED) is 0.142. The van der Waals surface area contributed by atoms with E-state index in [1.807, 2.05) is 121 Å². The average molecular weight is 644 g/mol. The van der Waals surface area contributed by atoms with Crippen molar-refractivity contribution in [1.82, 2.24) is 0 Å². The SMILES string of the molecule is FP(OI(c1ccccc1)c1ccccc1)OI(c1ccccc1)c1ccccc1. The van der Waals surface area contributed by atoms with Crippen molar-refractivity contribution in [2.24, 2.45) is 0 Å².